The summed E-state index contributed by atoms with van der Waals surface area (Å²) in [5, 5.41) is 0. The Labute approximate surface area is 107 Å². The van der Waals surface area contributed by atoms with E-state index in [1.54, 1.807) is 7.11 Å². The number of hydrogen-bond acceptors (Lipinski definition) is 3. The standard InChI is InChI=1S/C15H17NO2/c1-17-11-13-3-2-4-15(9-13)18-14-7-5-12(10-16)6-8-14/h2-9H,10-11,16H2,1H3. The molecular formula is C15H17NO2. The van der Waals surface area contributed by atoms with Gasteiger partial charge in [-0.1, -0.05) is 24.3 Å². The van der Waals surface area contributed by atoms with Crippen LogP contribution in [0, 0.1) is 0 Å². The minimum absolute atomic E-state index is 0.545. The van der Waals surface area contributed by atoms with Gasteiger partial charge in [0.15, 0.2) is 0 Å². The van der Waals surface area contributed by atoms with Crippen molar-refractivity contribution in [1.82, 2.24) is 0 Å². The lowest BCUT2D eigenvalue weighted by atomic mass is 10.2. The molecule has 0 unspecified atom stereocenters. The molecule has 2 rings (SSSR count). The first-order valence-corrected chi connectivity index (χ1v) is 5.86. The molecule has 2 aromatic carbocycles. The van der Waals surface area contributed by atoms with Gasteiger partial charge in [0.1, 0.15) is 11.5 Å². The van der Waals surface area contributed by atoms with Crippen LogP contribution in [0.1, 0.15) is 11.1 Å². The van der Waals surface area contributed by atoms with E-state index in [1.165, 1.54) is 0 Å². The van der Waals surface area contributed by atoms with E-state index >= 15 is 0 Å². The summed E-state index contributed by atoms with van der Waals surface area (Å²) in [6.07, 6.45) is 0. The Kier molecular flexibility index (Phi) is 4.34. The van der Waals surface area contributed by atoms with Crippen LogP contribution in [-0.4, -0.2) is 7.11 Å². The Morgan fingerprint density at radius 1 is 0.944 bits per heavy atom. The van der Waals surface area contributed by atoms with Crippen LogP contribution >= 0.6 is 0 Å². The molecule has 0 aliphatic heterocycles. The second-order valence-electron chi connectivity index (χ2n) is 4.03. The molecule has 2 N–H and O–H groups in total. The molecule has 0 saturated carbocycles. The van der Waals surface area contributed by atoms with Crippen molar-refractivity contribution in [2.75, 3.05) is 7.11 Å². The molecule has 0 atom stereocenters. The molecule has 0 spiro atoms. The smallest absolute Gasteiger partial charge is 0.127 e. The van der Waals surface area contributed by atoms with Gasteiger partial charge < -0.3 is 15.2 Å². The summed E-state index contributed by atoms with van der Waals surface area (Å²) < 4.78 is 10.9. The quantitative estimate of drug-likeness (QED) is 0.877. The van der Waals surface area contributed by atoms with E-state index < -0.39 is 0 Å². The second-order valence-corrected chi connectivity index (χ2v) is 4.03. The van der Waals surface area contributed by atoms with Crippen LogP contribution < -0.4 is 10.5 Å². The van der Waals surface area contributed by atoms with E-state index in [4.69, 9.17) is 15.2 Å². The van der Waals surface area contributed by atoms with E-state index in [0.29, 0.717) is 13.2 Å². The predicted octanol–water partition coefficient (Wildman–Crippen LogP) is 3.08. The zero-order valence-corrected chi connectivity index (χ0v) is 10.4. The van der Waals surface area contributed by atoms with Crippen molar-refractivity contribution in [2.24, 2.45) is 5.73 Å². The summed E-state index contributed by atoms with van der Waals surface area (Å²) in [5.41, 5.74) is 7.74. The number of nitrogens with two attached hydrogens (primary N) is 1. The normalized spacial score (nSPS) is 10.3. The topological polar surface area (TPSA) is 44.5 Å². The molecule has 2 aromatic rings. The first kappa shape index (κ1) is 12.6. The van der Waals surface area contributed by atoms with Gasteiger partial charge in [0.25, 0.3) is 0 Å². The molecule has 3 nitrogen and oxygen atoms in total. The van der Waals surface area contributed by atoms with E-state index in [9.17, 15) is 0 Å². The van der Waals surface area contributed by atoms with Crippen molar-refractivity contribution < 1.29 is 9.47 Å². The van der Waals surface area contributed by atoms with Crippen molar-refractivity contribution in [3.63, 3.8) is 0 Å². The minimum Gasteiger partial charge on any atom is -0.457 e. The molecule has 0 aliphatic carbocycles. The van der Waals surface area contributed by atoms with E-state index in [0.717, 1.165) is 22.6 Å². The average Bonchev–Trinajstić information content (AvgIpc) is 2.40. The van der Waals surface area contributed by atoms with Gasteiger partial charge in [0.05, 0.1) is 6.61 Å². The van der Waals surface area contributed by atoms with Crippen molar-refractivity contribution in [3.05, 3.63) is 59.7 Å². The maximum Gasteiger partial charge on any atom is 0.127 e. The number of ether oxygens (including phenoxy) is 2. The lowest BCUT2D eigenvalue weighted by molar-refractivity contribution is 0.184. The third-order valence-corrected chi connectivity index (χ3v) is 2.60. The SMILES string of the molecule is COCc1cccc(Oc2ccc(CN)cc2)c1. The average molecular weight is 243 g/mol. The lowest BCUT2D eigenvalue weighted by Gasteiger charge is -2.08. The Bertz CT molecular complexity index is 494. The molecule has 94 valence electrons. The van der Waals surface area contributed by atoms with Crippen molar-refractivity contribution >= 4 is 0 Å². The third-order valence-electron chi connectivity index (χ3n) is 2.60. The Hall–Kier alpha value is -1.84. The van der Waals surface area contributed by atoms with Crippen LogP contribution in [0.3, 0.4) is 0 Å². The van der Waals surface area contributed by atoms with E-state index in [2.05, 4.69) is 0 Å². The van der Waals surface area contributed by atoms with Crippen LogP contribution in [0.5, 0.6) is 11.5 Å². The van der Waals surface area contributed by atoms with Gasteiger partial charge in [0.2, 0.25) is 0 Å². The summed E-state index contributed by atoms with van der Waals surface area (Å²) in [6.45, 7) is 1.13. The van der Waals surface area contributed by atoms with Gasteiger partial charge >= 0.3 is 0 Å². The monoisotopic (exact) mass is 243 g/mol. The summed E-state index contributed by atoms with van der Waals surface area (Å²) in [7, 11) is 1.68. The Morgan fingerprint density at radius 2 is 1.72 bits per heavy atom. The highest BCUT2D eigenvalue weighted by Gasteiger charge is 1.99. The van der Waals surface area contributed by atoms with Gasteiger partial charge in [-0.25, -0.2) is 0 Å². The zero-order valence-electron chi connectivity index (χ0n) is 10.4. The molecule has 18 heavy (non-hydrogen) atoms. The minimum atomic E-state index is 0.545. The molecule has 3 heteroatoms. The first-order valence-electron chi connectivity index (χ1n) is 5.86. The molecular weight excluding hydrogens is 226 g/mol. The molecule has 0 bridgehead atoms. The summed E-state index contributed by atoms with van der Waals surface area (Å²) in [5.74, 6) is 1.62. The fourth-order valence-corrected chi connectivity index (χ4v) is 1.70. The maximum atomic E-state index is 5.77. The number of rotatable bonds is 5. The Morgan fingerprint density at radius 3 is 2.39 bits per heavy atom. The molecule has 0 aromatic heterocycles. The molecule has 0 saturated heterocycles. The summed E-state index contributed by atoms with van der Waals surface area (Å²) in [4.78, 5) is 0. The molecule has 0 aliphatic rings. The number of methoxy groups -OCH3 is 1. The Balaban J connectivity index is 2.09. The van der Waals surface area contributed by atoms with E-state index in [1.807, 2.05) is 48.5 Å². The highest BCUT2D eigenvalue weighted by Crippen LogP contribution is 2.22. The second kappa shape index (κ2) is 6.19. The van der Waals surface area contributed by atoms with Crippen LogP contribution in [0.4, 0.5) is 0 Å². The van der Waals surface area contributed by atoms with Crippen molar-refractivity contribution in [2.45, 2.75) is 13.2 Å². The van der Waals surface area contributed by atoms with Gasteiger partial charge in [-0.05, 0) is 35.4 Å². The largest absolute Gasteiger partial charge is 0.457 e. The van der Waals surface area contributed by atoms with Crippen LogP contribution in [0.25, 0.3) is 0 Å². The lowest BCUT2D eigenvalue weighted by Crippen LogP contribution is -1.95. The highest BCUT2D eigenvalue weighted by molar-refractivity contribution is 5.35. The van der Waals surface area contributed by atoms with Crippen molar-refractivity contribution in [1.29, 1.82) is 0 Å². The van der Waals surface area contributed by atoms with E-state index in [-0.39, 0.29) is 0 Å². The fourth-order valence-electron chi connectivity index (χ4n) is 1.70. The molecule has 0 amide bonds. The third kappa shape index (κ3) is 3.32. The van der Waals surface area contributed by atoms with Gasteiger partial charge in [-0.15, -0.1) is 0 Å². The van der Waals surface area contributed by atoms with Gasteiger partial charge in [-0.3, -0.25) is 0 Å². The van der Waals surface area contributed by atoms with Gasteiger partial charge in [-0.2, -0.15) is 0 Å². The van der Waals surface area contributed by atoms with Crippen LogP contribution in [0.15, 0.2) is 48.5 Å². The number of hydrogen-bond donors (Lipinski definition) is 1. The maximum absolute atomic E-state index is 5.77. The van der Waals surface area contributed by atoms with Crippen LogP contribution in [-0.2, 0) is 17.9 Å². The van der Waals surface area contributed by atoms with Gasteiger partial charge in [0, 0.05) is 13.7 Å². The first-order chi connectivity index (χ1) is 8.81. The number of benzene rings is 2. The highest BCUT2D eigenvalue weighted by atomic mass is 16.5. The fraction of sp³-hybridized carbons (Fsp3) is 0.200. The zero-order chi connectivity index (χ0) is 12.8. The van der Waals surface area contributed by atoms with Crippen LogP contribution in [0.2, 0.25) is 0 Å². The summed E-state index contributed by atoms with van der Waals surface area (Å²) in [6, 6.07) is 15.6. The summed E-state index contributed by atoms with van der Waals surface area (Å²) >= 11 is 0. The molecule has 0 radical (unpaired) electrons. The molecule has 0 fully saturated rings. The molecule has 0 heterocycles. The van der Waals surface area contributed by atoms with Crippen molar-refractivity contribution in [3.8, 4) is 11.5 Å². The predicted molar refractivity (Wildman–Crippen MR) is 71.6 cm³/mol.